The Morgan fingerprint density at radius 1 is 1.19 bits per heavy atom. The zero-order valence-electron chi connectivity index (χ0n) is 11.8. The number of aromatic amines is 1. The number of para-hydroxylation sites is 1. The number of primary amides is 1. The summed E-state index contributed by atoms with van der Waals surface area (Å²) < 4.78 is 0. The number of benzene rings is 2. The number of hydrogen-bond donors (Lipinski definition) is 3. The number of carbonyl (C=O) groups excluding carboxylic acids is 1. The molecule has 0 bridgehead atoms. The number of amides is 1. The van der Waals surface area contributed by atoms with E-state index in [-0.39, 0.29) is 0 Å². The van der Waals surface area contributed by atoms with Crippen molar-refractivity contribution >= 4 is 22.5 Å². The predicted octanol–water partition coefficient (Wildman–Crippen LogP) is 3.19. The van der Waals surface area contributed by atoms with Crippen LogP contribution < -0.4 is 11.1 Å². The van der Waals surface area contributed by atoms with Gasteiger partial charge in [-0.3, -0.25) is 4.79 Å². The van der Waals surface area contributed by atoms with Crippen molar-refractivity contribution in [1.82, 2.24) is 4.98 Å². The zero-order valence-corrected chi connectivity index (χ0v) is 11.8. The van der Waals surface area contributed by atoms with E-state index in [1.807, 2.05) is 37.4 Å². The molecule has 0 unspecified atom stereocenters. The molecule has 2 aromatic carbocycles. The number of hydrogen-bond acceptors (Lipinski definition) is 2. The van der Waals surface area contributed by atoms with Gasteiger partial charge >= 0.3 is 0 Å². The van der Waals surface area contributed by atoms with E-state index in [9.17, 15) is 4.79 Å². The summed E-state index contributed by atoms with van der Waals surface area (Å²) in [7, 11) is 0. The molecule has 1 aromatic heterocycles. The van der Waals surface area contributed by atoms with E-state index in [1.54, 1.807) is 6.07 Å². The maximum atomic E-state index is 11.4. The van der Waals surface area contributed by atoms with Gasteiger partial charge in [0.1, 0.15) is 0 Å². The zero-order chi connectivity index (χ0) is 14.8. The molecule has 0 aliphatic carbocycles. The molecule has 0 atom stereocenters. The number of aromatic nitrogens is 1. The van der Waals surface area contributed by atoms with Crippen LogP contribution >= 0.6 is 0 Å². The first kappa shape index (κ1) is 13.2. The minimum absolute atomic E-state index is 0.400. The normalized spacial score (nSPS) is 10.7. The number of rotatable bonds is 4. The van der Waals surface area contributed by atoms with Crippen molar-refractivity contribution in [3.8, 4) is 0 Å². The van der Waals surface area contributed by atoms with Crippen molar-refractivity contribution in [2.45, 2.75) is 13.5 Å². The van der Waals surface area contributed by atoms with Gasteiger partial charge < -0.3 is 16.0 Å². The van der Waals surface area contributed by atoms with Gasteiger partial charge in [-0.2, -0.15) is 0 Å². The second kappa shape index (κ2) is 5.32. The monoisotopic (exact) mass is 279 g/mol. The summed E-state index contributed by atoms with van der Waals surface area (Å²) in [6.07, 6.45) is 2.00. The minimum Gasteiger partial charge on any atom is -0.381 e. The fourth-order valence-electron chi connectivity index (χ4n) is 2.56. The highest BCUT2D eigenvalue weighted by atomic mass is 16.1. The summed E-state index contributed by atoms with van der Waals surface area (Å²) in [6, 6.07) is 13.7. The summed E-state index contributed by atoms with van der Waals surface area (Å²) in [4.78, 5) is 14.6. The summed E-state index contributed by atoms with van der Waals surface area (Å²) in [5.41, 5.74) is 10.0. The Morgan fingerprint density at radius 3 is 2.81 bits per heavy atom. The van der Waals surface area contributed by atoms with Crippen molar-refractivity contribution in [2.75, 3.05) is 5.32 Å². The van der Waals surface area contributed by atoms with E-state index in [2.05, 4.69) is 22.4 Å². The molecule has 0 fully saturated rings. The highest BCUT2D eigenvalue weighted by molar-refractivity contribution is 5.95. The number of nitrogens with two attached hydrogens (primary N) is 1. The van der Waals surface area contributed by atoms with Crippen LogP contribution in [0, 0.1) is 6.92 Å². The van der Waals surface area contributed by atoms with Gasteiger partial charge in [0.2, 0.25) is 5.91 Å². The molecule has 0 spiro atoms. The molecule has 1 amide bonds. The first-order valence-corrected chi connectivity index (χ1v) is 6.85. The Balaban J connectivity index is 1.85. The SMILES string of the molecule is Cc1c(NCc2c[nH]c3ccccc23)cccc1C(N)=O. The van der Waals surface area contributed by atoms with Gasteiger partial charge in [0.05, 0.1) is 0 Å². The van der Waals surface area contributed by atoms with Crippen LogP contribution in [0.5, 0.6) is 0 Å². The molecule has 106 valence electrons. The second-order valence-electron chi connectivity index (χ2n) is 5.06. The van der Waals surface area contributed by atoms with E-state index in [1.165, 1.54) is 10.9 Å². The van der Waals surface area contributed by atoms with Crippen molar-refractivity contribution in [3.63, 3.8) is 0 Å². The highest BCUT2D eigenvalue weighted by Crippen LogP contribution is 2.22. The van der Waals surface area contributed by atoms with Crippen molar-refractivity contribution < 1.29 is 4.79 Å². The fraction of sp³-hybridized carbons (Fsp3) is 0.118. The lowest BCUT2D eigenvalue weighted by Gasteiger charge is -2.11. The van der Waals surface area contributed by atoms with Gasteiger partial charge in [-0.15, -0.1) is 0 Å². The van der Waals surface area contributed by atoms with Crippen molar-refractivity contribution in [3.05, 3.63) is 65.4 Å². The molecule has 21 heavy (non-hydrogen) atoms. The molecule has 3 aromatic rings. The van der Waals surface area contributed by atoms with Gasteiger partial charge in [-0.25, -0.2) is 0 Å². The van der Waals surface area contributed by atoms with E-state index in [0.29, 0.717) is 12.1 Å². The Hall–Kier alpha value is -2.75. The Morgan fingerprint density at radius 2 is 2.00 bits per heavy atom. The second-order valence-corrected chi connectivity index (χ2v) is 5.06. The van der Waals surface area contributed by atoms with Crippen LogP contribution in [0.15, 0.2) is 48.7 Å². The lowest BCUT2D eigenvalue weighted by molar-refractivity contribution is 0.1000. The third kappa shape index (κ3) is 2.48. The highest BCUT2D eigenvalue weighted by Gasteiger charge is 2.09. The van der Waals surface area contributed by atoms with Gasteiger partial charge in [0.25, 0.3) is 0 Å². The van der Waals surface area contributed by atoms with Crippen molar-refractivity contribution in [1.29, 1.82) is 0 Å². The van der Waals surface area contributed by atoms with Crippen LogP contribution in [0.1, 0.15) is 21.5 Å². The van der Waals surface area contributed by atoms with Crippen LogP contribution in [-0.4, -0.2) is 10.9 Å². The standard InChI is InChI=1S/C17H17N3O/c1-11-13(17(18)21)6-4-8-15(11)19-9-12-10-20-16-7-3-2-5-14(12)16/h2-8,10,19-20H,9H2,1H3,(H2,18,21). The summed E-state index contributed by atoms with van der Waals surface area (Å²) in [6.45, 7) is 2.59. The van der Waals surface area contributed by atoms with E-state index < -0.39 is 5.91 Å². The number of anilines is 1. The molecular weight excluding hydrogens is 262 g/mol. The number of fused-ring (bicyclic) bond motifs is 1. The van der Waals surface area contributed by atoms with E-state index in [4.69, 9.17) is 5.73 Å². The van der Waals surface area contributed by atoms with Crippen LogP contribution in [0.3, 0.4) is 0 Å². The maximum Gasteiger partial charge on any atom is 0.249 e. The first-order valence-electron chi connectivity index (χ1n) is 6.85. The van der Waals surface area contributed by atoms with Crippen molar-refractivity contribution in [2.24, 2.45) is 5.73 Å². The molecule has 3 rings (SSSR count). The van der Waals surface area contributed by atoms with Crippen LogP contribution in [0.4, 0.5) is 5.69 Å². The largest absolute Gasteiger partial charge is 0.381 e. The quantitative estimate of drug-likeness (QED) is 0.686. The van der Waals surface area contributed by atoms with Gasteiger partial charge in [-0.1, -0.05) is 24.3 Å². The Labute approximate surface area is 123 Å². The molecule has 0 saturated heterocycles. The van der Waals surface area contributed by atoms with E-state index >= 15 is 0 Å². The number of nitrogens with one attached hydrogen (secondary N) is 2. The van der Waals surface area contributed by atoms with Crippen LogP contribution in [-0.2, 0) is 6.54 Å². The molecule has 0 radical (unpaired) electrons. The van der Waals surface area contributed by atoms with Crippen LogP contribution in [0.25, 0.3) is 10.9 Å². The average molecular weight is 279 g/mol. The number of carbonyl (C=O) groups is 1. The lowest BCUT2D eigenvalue weighted by atomic mass is 10.1. The van der Waals surface area contributed by atoms with Gasteiger partial charge in [0.15, 0.2) is 0 Å². The summed E-state index contributed by atoms with van der Waals surface area (Å²) in [5.74, 6) is -0.400. The summed E-state index contributed by atoms with van der Waals surface area (Å²) in [5, 5.41) is 4.58. The smallest absolute Gasteiger partial charge is 0.249 e. The molecule has 4 heteroatoms. The Kier molecular flexibility index (Phi) is 3.36. The molecule has 0 saturated carbocycles. The molecule has 0 aliphatic rings. The lowest BCUT2D eigenvalue weighted by Crippen LogP contribution is -2.13. The minimum atomic E-state index is -0.400. The molecule has 1 heterocycles. The average Bonchev–Trinajstić information content (AvgIpc) is 2.89. The third-order valence-electron chi connectivity index (χ3n) is 3.74. The third-order valence-corrected chi connectivity index (χ3v) is 3.74. The van der Waals surface area contributed by atoms with Gasteiger partial charge in [-0.05, 0) is 36.2 Å². The molecule has 4 nitrogen and oxygen atoms in total. The Bertz CT molecular complexity index is 805. The van der Waals surface area contributed by atoms with Gasteiger partial charge in [0, 0.05) is 34.9 Å². The molecular formula is C17H17N3O. The fourth-order valence-corrected chi connectivity index (χ4v) is 2.56. The number of H-pyrrole nitrogens is 1. The van der Waals surface area contributed by atoms with Crippen LogP contribution in [0.2, 0.25) is 0 Å². The topological polar surface area (TPSA) is 70.9 Å². The molecule has 0 aliphatic heterocycles. The predicted molar refractivity (Wildman–Crippen MR) is 85.3 cm³/mol. The van der Waals surface area contributed by atoms with E-state index in [0.717, 1.165) is 16.8 Å². The molecule has 4 N–H and O–H groups in total. The first-order chi connectivity index (χ1) is 10.2. The maximum absolute atomic E-state index is 11.4. The summed E-state index contributed by atoms with van der Waals surface area (Å²) >= 11 is 0.